The first-order valence-electron chi connectivity index (χ1n) is 10.2. The molecule has 2 aromatic heterocycles. The van der Waals surface area contributed by atoms with Crippen LogP contribution in [-0.4, -0.2) is 48.3 Å². The largest absolute Gasteiger partial charge is 0.493 e. The number of carbonyl (C=O) groups excluding carboxylic acids is 1. The Bertz CT molecular complexity index is 993. The summed E-state index contributed by atoms with van der Waals surface area (Å²) >= 11 is 0. The van der Waals surface area contributed by atoms with E-state index in [-0.39, 0.29) is 11.8 Å². The summed E-state index contributed by atoms with van der Waals surface area (Å²) in [6.07, 6.45) is 3.19. The van der Waals surface area contributed by atoms with Crippen LogP contribution >= 0.6 is 0 Å². The SMILES string of the molecule is COc1ccc(-c2noc(CN3CCC(C(=O)NCc4ccco4)CC3)n2)cc1OC. The Labute approximate surface area is 180 Å². The van der Waals surface area contributed by atoms with E-state index in [2.05, 4.69) is 20.4 Å². The quantitative estimate of drug-likeness (QED) is 0.587. The van der Waals surface area contributed by atoms with Crippen LogP contribution in [0, 0.1) is 5.92 Å². The lowest BCUT2D eigenvalue weighted by Gasteiger charge is -2.30. The first-order valence-corrected chi connectivity index (χ1v) is 10.2. The fourth-order valence-electron chi connectivity index (χ4n) is 3.69. The summed E-state index contributed by atoms with van der Waals surface area (Å²) in [5.74, 6) is 3.15. The number of nitrogens with one attached hydrogen (secondary N) is 1. The molecule has 1 saturated heterocycles. The number of furan rings is 1. The molecule has 1 aromatic carbocycles. The number of ether oxygens (including phenoxy) is 2. The third-order valence-corrected chi connectivity index (χ3v) is 5.44. The maximum absolute atomic E-state index is 12.4. The maximum Gasteiger partial charge on any atom is 0.241 e. The number of aromatic nitrogens is 2. The van der Waals surface area contributed by atoms with Gasteiger partial charge < -0.3 is 23.7 Å². The molecule has 164 valence electrons. The van der Waals surface area contributed by atoms with Crippen molar-refractivity contribution >= 4 is 5.91 Å². The number of amides is 1. The Morgan fingerprint density at radius 2 is 2.00 bits per heavy atom. The number of hydrogen-bond donors (Lipinski definition) is 1. The van der Waals surface area contributed by atoms with Crippen LogP contribution in [0.4, 0.5) is 0 Å². The molecule has 0 saturated carbocycles. The lowest BCUT2D eigenvalue weighted by Crippen LogP contribution is -2.40. The average molecular weight is 426 g/mol. The van der Waals surface area contributed by atoms with E-state index in [1.807, 2.05) is 30.3 Å². The van der Waals surface area contributed by atoms with Crippen LogP contribution in [0.5, 0.6) is 11.5 Å². The zero-order valence-corrected chi connectivity index (χ0v) is 17.7. The average Bonchev–Trinajstić information content (AvgIpc) is 3.50. The van der Waals surface area contributed by atoms with Gasteiger partial charge in [0, 0.05) is 11.5 Å². The van der Waals surface area contributed by atoms with Gasteiger partial charge in [-0.1, -0.05) is 5.16 Å². The van der Waals surface area contributed by atoms with Crippen LogP contribution in [0.25, 0.3) is 11.4 Å². The molecule has 0 aliphatic carbocycles. The van der Waals surface area contributed by atoms with Crippen molar-refractivity contribution in [1.29, 1.82) is 0 Å². The molecule has 1 fully saturated rings. The van der Waals surface area contributed by atoms with Crippen molar-refractivity contribution < 1.29 is 23.2 Å². The van der Waals surface area contributed by atoms with Crippen LogP contribution < -0.4 is 14.8 Å². The predicted octanol–water partition coefficient (Wildman–Crippen LogP) is 2.88. The summed E-state index contributed by atoms with van der Waals surface area (Å²) in [5.41, 5.74) is 0.791. The summed E-state index contributed by atoms with van der Waals surface area (Å²) in [6, 6.07) is 9.16. The zero-order valence-electron chi connectivity index (χ0n) is 17.7. The standard InChI is InChI=1S/C22H26N4O5/c1-28-18-6-5-16(12-19(18)29-2)21-24-20(31-25-21)14-26-9-7-15(8-10-26)22(27)23-13-17-4-3-11-30-17/h3-6,11-12,15H,7-10,13-14H2,1-2H3,(H,23,27). The van der Waals surface area contributed by atoms with E-state index >= 15 is 0 Å². The van der Waals surface area contributed by atoms with Crippen molar-refractivity contribution in [2.45, 2.75) is 25.9 Å². The van der Waals surface area contributed by atoms with E-state index in [9.17, 15) is 4.79 Å². The summed E-state index contributed by atoms with van der Waals surface area (Å²) in [4.78, 5) is 19.1. The van der Waals surface area contributed by atoms with E-state index in [4.69, 9.17) is 18.4 Å². The van der Waals surface area contributed by atoms with Gasteiger partial charge in [-0.25, -0.2) is 0 Å². The van der Waals surface area contributed by atoms with Crippen molar-refractivity contribution in [3.63, 3.8) is 0 Å². The summed E-state index contributed by atoms with van der Waals surface area (Å²) in [7, 11) is 3.18. The molecule has 4 rings (SSSR count). The van der Waals surface area contributed by atoms with Crippen LogP contribution in [0.3, 0.4) is 0 Å². The minimum atomic E-state index is 0.0104. The molecule has 0 spiro atoms. The number of likely N-dealkylation sites (tertiary alicyclic amines) is 1. The van der Waals surface area contributed by atoms with Crippen LogP contribution in [0.2, 0.25) is 0 Å². The number of carbonyl (C=O) groups is 1. The Morgan fingerprint density at radius 3 is 2.71 bits per heavy atom. The van der Waals surface area contributed by atoms with Gasteiger partial charge in [0.25, 0.3) is 0 Å². The molecule has 1 amide bonds. The molecule has 0 atom stereocenters. The number of nitrogens with zero attached hydrogens (tertiary/aromatic N) is 3. The summed E-state index contributed by atoms with van der Waals surface area (Å²) in [5, 5.41) is 7.04. The van der Waals surface area contributed by atoms with Gasteiger partial charge in [-0.3, -0.25) is 9.69 Å². The van der Waals surface area contributed by atoms with Gasteiger partial charge in [-0.15, -0.1) is 0 Å². The van der Waals surface area contributed by atoms with Gasteiger partial charge in [-0.2, -0.15) is 4.98 Å². The van der Waals surface area contributed by atoms with Gasteiger partial charge >= 0.3 is 0 Å². The molecule has 9 heteroatoms. The van der Waals surface area contributed by atoms with Crippen molar-refractivity contribution in [2.75, 3.05) is 27.3 Å². The highest BCUT2D eigenvalue weighted by atomic mass is 16.5. The molecule has 31 heavy (non-hydrogen) atoms. The smallest absolute Gasteiger partial charge is 0.241 e. The number of rotatable bonds is 8. The molecule has 1 aliphatic heterocycles. The topological polar surface area (TPSA) is 103 Å². The summed E-state index contributed by atoms with van der Waals surface area (Å²) < 4.78 is 21.3. The van der Waals surface area contributed by atoms with Crippen molar-refractivity contribution in [3.05, 3.63) is 48.2 Å². The first-order chi connectivity index (χ1) is 15.2. The van der Waals surface area contributed by atoms with Crippen molar-refractivity contribution in [2.24, 2.45) is 5.92 Å². The molecule has 0 unspecified atom stereocenters. The minimum absolute atomic E-state index is 0.0104. The Hall–Kier alpha value is -3.33. The van der Waals surface area contributed by atoms with Crippen LogP contribution in [-0.2, 0) is 17.9 Å². The molecule has 3 aromatic rings. The molecule has 1 N–H and O–H groups in total. The highest BCUT2D eigenvalue weighted by Crippen LogP contribution is 2.31. The monoisotopic (exact) mass is 426 g/mol. The van der Waals surface area contributed by atoms with Crippen molar-refractivity contribution in [1.82, 2.24) is 20.4 Å². The van der Waals surface area contributed by atoms with Gasteiger partial charge in [0.15, 0.2) is 11.5 Å². The Kier molecular flexibility index (Phi) is 6.51. The molecular formula is C22H26N4O5. The second kappa shape index (κ2) is 9.65. The molecule has 3 heterocycles. The second-order valence-corrected chi connectivity index (χ2v) is 7.43. The van der Waals surface area contributed by atoms with Crippen molar-refractivity contribution in [3.8, 4) is 22.9 Å². The van der Waals surface area contributed by atoms with E-state index in [1.54, 1.807) is 20.5 Å². The lowest BCUT2D eigenvalue weighted by molar-refractivity contribution is -0.126. The third-order valence-electron chi connectivity index (χ3n) is 5.44. The number of hydrogen-bond acceptors (Lipinski definition) is 8. The normalized spacial score (nSPS) is 15.0. The zero-order chi connectivity index (χ0) is 21.6. The lowest BCUT2D eigenvalue weighted by atomic mass is 9.96. The van der Waals surface area contributed by atoms with Crippen LogP contribution in [0.1, 0.15) is 24.5 Å². The molecule has 1 aliphatic rings. The molecular weight excluding hydrogens is 400 g/mol. The molecule has 0 bridgehead atoms. The number of benzene rings is 1. The minimum Gasteiger partial charge on any atom is -0.493 e. The summed E-state index contributed by atoms with van der Waals surface area (Å²) in [6.45, 7) is 2.58. The van der Waals surface area contributed by atoms with E-state index in [0.29, 0.717) is 36.3 Å². The van der Waals surface area contributed by atoms with E-state index in [1.165, 1.54) is 0 Å². The van der Waals surface area contributed by atoms with Gasteiger partial charge in [-0.05, 0) is 56.3 Å². The highest BCUT2D eigenvalue weighted by molar-refractivity contribution is 5.78. The van der Waals surface area contributed by atoms with Crippen LogP contribution in [0.15, 0.2) is 45.5 Å². The fourth-order valence-corrected chi connectivity index (χ4v) is 3.69. The van der Waals surface area contributed by atoms with Gasteiger partial charge in [0.05, 0.1) is 33.6 Å². The fraction of sp³-hybridized carbons (Fsp3) is 0.409. The third kappa shape index (κ3) is 5.05. The second-order valence-electron chi connectivity index (χ2n) is 7.43. The maximum atomic E-state index is 12.4. The predicted molar refractivity (Wildman–Crippen MR) is 111 cm³/mol. The number of piperidine rings is 1. The Balaban J connectivity index is 1.28. The van der Waals surface area contributed by atoms with E-state index < -0.39 is 0 Å². The number of methoxy groups -OCH3 is 2. The van der Waals surface area contributed by atoms with E-state index in [0.717, 1.165) is 37.3 Å². The highest BCUT2D eigenvalue weighted by Gasteiger charge is 2.26. The van der Waals surface area contributed by atoms with Gasteiger partial charge in [0.2, 0.25) is 17.6 Å². The van der Waals surface area contributed by atoms with Gasteiger partial charge in [0.1, 0.15) is 5.76 Å². The Morgan fingerprint density at radius 1 is 1.19 bits per heavy atom. The first kappa shape index (κ1) is 20.9. The molecule has 9 nitrogen and oxygen atoms in total. The molecule has 0 radical (unpaired) electrons.